The van der Waals surface area contributed by atoms with Gasteiger partial charge in [0.2, 0.25) is 10.0 Å². The summed E-state index contributed by atoms with van der Waals surface area (Å²) in [5, 5.41) is 5.32. The van der Waals surface area contributed by atoms with Crippen LogP contribution in [0.5, 0.6) is 0 Å². The molecule has 2 N–H and O–H groups in total. The van der Waals surface area contributed by atoms with Crippen molar-refractivity contribution in [3.8, 4) is 0 Å². The average Bonchev–Trinajstić information content (AvgIpc) is 2.66. The van der Waals surface area contributed by atoms with E-state index < -0.39 is 21.7 Å². The third-order valence-corrected chi connectivity index (χ3v) is 6.36. The summed E-state index contributed by atoms with van der Waals surface area (Å²) in [7, 11) is -2.06. The van der Waals surface area contributed by atoms with E-state index in [1.54, 1.807) is 58.9 Å². The summed E-state index contributed by atoms with van der Waals surface area (Å²) < 4.78 is 31.5. The van der Waals surface area contributed by atoms with Gasteiger partial charge < -0.3 is 10.1 Å². The Morgan fingerprint density at radius 2 is 1.39 bits per heavy atom. The van der Waals surface area contributed by atoms with E-state index in [-0.39, 0.29) is 16.8 Å². The lowest BCUT2D eigenvalue weighted by Crippen LogP contribution is -2.33. The number of anilines is 2. The first-order chi connectivity index (χ1) is 14.3. The minimum Gasteiger partial charge on any atom is -0.444 e. The Hall–Kier alpha value is -2.91. The molecule has 2 rings (SSSR count). The first kappa shape index (κ1) is 24.4. The SMILES string of the molecule is CC(C)N(C)S(=O)(=O)c1ccc(NC(=O)c2ccc(NC(=O)OC(C)(C)C)cc2)cc1. The Labute approximate surface area is 183 Å². The van der Waals surface area contributed by atoms with Crippen molar-refractivity contribution in [1.29, 1.82) is 0 Å². The quantitative estimate of drug-likeness (QED) is 0.686. The Kier molecular flexibility index (Phi) is 7.45. The van der Waals surface area contributed by atoms with Crippen molar-refractivity contribution < 1.29 is 22.7 Å². The number of hydrogen-bond donors (Lipinski definition) is 2. The lowest BCUT2D eigenvalue weighted by Gasteiger charge is -2.21. The number of ether oxygens (including phenoxy) is 1. The van der Waals surface area contributed by atoms with E-state index in [0.29, 0.717) is 16.9 Å². The molecule has 0 heterocycles. The summed E-state index contributed by atoms with van der Waals surface area (Å²) in [6.45, 7) is 8.89. The van der Waals surface area contributed by atoms with Crippen molar-refractivity contribution in [1.82, 2.24) is 4.31 Å². The van der Waals surface area contributed by atoms with Crippen LogP contribution < -0.4 is 10.6 Å². The minimum atomic E-state index is -3.59. The first-order valence-corrected chi connectivity index (χ1v) is 11.2. The van der Waals surface area contributed by atoms with Gasteiger partial charge >= 0.3 is 6.09 Å². The van der Waals surface area contributed by atoms with Crippen LogP contribution in [-0.2, 0) is 14.8 Å². The summed E-state index contributed by atoms with van der Waals surface area (Å²) in [5.41, 5.74) is 0.732. The molecule has 0 unspecified atom stereocenters. The van der Waals surface area contributed by atoms with Crippen LogP contribution in [0.25, 0.3) is 0 Å². The number of amides is 2. The van der Waals surface area contributed by atoms with E-state index in [1.165, 1.54) is 35.6 Å². The molecule has 0 aliphatic rings. The van der Waals surface area contributed by atoms with Gasteiger partial charge in [0.05, 0.1) is 4.90 Å². The minimum absolute atomic E-state index is 0.152. The summed E-state index contributed by atoms with van der Waals surface area (Å²) in [5.74, 6) is -0.362. The standard InChI is InChI=1S/C22H29N3O5S/c1-15(2)25(6)31(28,29)19-13-11-17(12-14-19)23-20(26)16-7-9-18(10-8-16)24-21(27)30-22(3,4)5/h7-15H,1-6H3,(H,23,26)(H,24,27). The highest BCUT2D eigenvalue weighted by Crippen LogP contribution is 2.20. The molecular weight excluding hydrogens is 418 g/mol. The van der Waals surface area contributed by atoms with Crippen LogP contribution in [0.3, 0.4) is 0 Å². The van der Waals surface area contributed by atoms with Crippen LogP contribution in [0.15, 0.2) is 53.4 Å². The van der Waals surface area contributed by atoms with Crippen molar-refractivity contribution in [3.63, 3.8) is 0 Å². The Morgan fingerprint density at radius 1 is 0.903 bits per heavy atom. The van der Waals surface area contributed by atoms with Gasteiger partial charge in [-0.1, -0.05) is 0 Å². The fraction of sp³-hybridized carbons (Fsp3) is 0.364. The second-order valence-corrected chi connectivity index (χ2v) is 10.3. The number of rotatable bonds is 6. The van der Waals surface area contributed by atoms with Gasteiger partial charge in [-0.2, -0.15) is 4.31 Å². The summed E-state index contributed by atoms with van der Waals surface area (Å²) >= 11 is 0. The zero-order valence-corrected chi connectivity index (χ0v) is 19.4. The maximum Gasteiger partial charge on any atom is 0.412 e. The molecule has 0 fully saturated rings. The van der Waals surface area contributed by atoms with Crippen molar-refractivity contribution in [2.45, 2.75) is 51.2 Å². The van der Waals surface area contributed by atoms with Crippen molar-refractivity contribution in [2.75, 3.05) is 17.7 Å². The zero-order valence-electron chi connectivity index (χ0n) is 18.6. The van der Waals surface area contributed by atoms with Gasteiger partial charge in [-0.15, -0.1) is 0 Å². The molecule has 0 radical (unpaired) electrons. The normalized spacial score (nSPS) is 12.0. The van der Waals surface area contributed by atoms with E-state index in [1.807, 2.05) is 0 Å². The fourth-order valence-corrected chi connectivity index (χ4v) is 3.85. The Balaban J connectivity index is 2.03. The predicted molar refractivity (Wildman–Crippen MR) is 121 cm³/mol. The lowest BCUT2D eigenvalue weighted by molar-refractivity contribution is 0.0635. The number of carbonyl (C=O) groups excluding carboxylic acids is 2. The predicted octanol–water partition coefficient (Wildman–Crippen LogP) is 4.31. The molecule has 31 heavy (non-hydrogen) atoms. The van der Waals surface area contributed by atoms with E-state index in [0.717, 1.165) is 0 Å². The number of sulfonamides is 1. The highest BCUT2D eigenvalue weighted by atomic mass is 32.2. The van der Waals surface area contributed by atoms with E-state index in [9.17, 15) is 18.0 Å². The van der Waals surface area contributed by atoms with E-state index in [2.05, 4.69) is 10.6 Å². The molecule has 0 aliphatic heterocycles. The Morgan fingerprint density at radius 3 is 1.87 bits per heavy atom. The molecule has 8 nitrogen and oxygen atoms in total. The number of hydrogen-bond acceptors (Lipinski definition) is 5. The van der Waals surface area contributed by atoms with Gasteiger partial charge in [0.25, 0.3) is 5.91 Å². The van der Waals surface area contributed by atoms with Gasteiger partial charge in [-0.3, -0.25) is 10.1 Å². The lowest BCUT2D eigenvalue weighted by atomic mass is 10.2. The van der Waals surface area contributed by atoms with Crippen LogP contribution in [0.1, 0.15) is 45.0 Å². The molecule has 168 valence electrons. The average molecular weight is 448 g/mol. The second kappa shape index (κ2) is 9.49. The number of nitrogens with one attached hydrogen (secondary N) is 2. The molecule has 0 saturated heterocycles. The molecule has 0 saturated carbocycles. The molecule has 2 amide bonds. The fourth-order valence-electron chi connectivity index (χ4n) is 2.48. The highest BCUT2D eigenvalue weighted by Gasteiger charge is 2.23. The molecule has 0 spiro atoms. The summed E-state index contributed by atoms with van der Waals surface area (Å²) in [4.78, 5) is 24.4. The van der Waals surface area contributed by atoms with Crippen LogP contribution in [-0.4, -0.2) is 43.4 Å². The highest BCUT2D eigenvalue weighted by molar-refractivity contribution is 7.89. The van der Waals surface area contributed by atoms with E-state index in [4.69, 9.17) is 4.74 Å². The molecule has 2 aromatic rings. The number of carbonyl (C=O) groups is 2. The molecular formula is C22H29N3O5S. The van der Waals surface area contributed by atoms with Crippen molar-refractivity contribution in [3.05, 3.63) is 54.1 Å². The molecule has 0 aliphatic carbocycles. The van der Waals surface area contributed by atoms with Gasteiger partial charge in [-0.25, -0.2) is 13.2 Å². The molecule has 0 atom stereocenters. The zero-order chi connectivity index (χ0) is 23.4. The smallest absolute Gasteiger partial charge is 0.412 e. The maximum absolute atomic E-state index is 12.5. The largest absolute Gasteiger partial charge is 0.444 e. The first-order valence-electron chi connectivity index (χ1n) is 9.79. The topological polar surface area (TPSA) is 105 Å². The molecule has 0 aromatic heterocycles. The van der Waals surface area contributed by atoms with Gasteiger partial charge in [0.1, 0.15) is 5.60 Å². The van der Waals surface area contributed by atoms with Crippen molar-refractivity contribution in [2.24, 2.45) is 0 Å². The molecule has 9 heteroatoms. The van der Waals surface area contributed by atoms with Crippen LogP contribution in [0, 0.1) is 0 Å². The third-order valence-electron chi connectivity index (χ3n) is 4.31. The summed E-state index contributed by atoms with van der Waals surface area (Å²) in [6.07, 6.45) is -0.581. The van der Waals surface area contributed by atoms with Crippen LogP contribution in [0.2, 0.25) is 0 Å². The number of nitrogens with zero attached hydrogens (tertiary/aromatic N) is 1. The molecule has 0 bridgehead atoms. The monoisotopic (exact) mass is 447 g/mol. The maximum atomic E-state index is 12.5. The van der Waals surface area contributed by atoms with E-state index >= 15 is 0 Å². The number of benzene rings is 2. The second-order valence-electron chi connectivity index (χ2n) is 8.30. The van der Waals surface area contributed by atoms with Crippen molar-refractivity contribution >= 4 is 33.4 Å². The van der Waals surface area contributed by atoms with Gasteiger partial charge in [-0.05, 0) is 83.1 Å². The van der Waals surface area contributed by atoms with Crippen LogP contribution >= 0.6 is 0 Å². The Bertz CT molecular complexity index is 1020. The van der Waals surface area contributed by atoms with Crippen LogP contribution in [0.4, 0.5) is 16.2 Å². The third kappa shape index (κ3) is 6.80. The molecule has 2 aromatic carbocycles. The van der Waals surface area contributed by atoms with Gasteiger partial charge in [0, 0.05) is 30.0 Å². The van der Waals surface area contributed by atoms with Gasteiger partial charge in [0.15, 0.2) is 0 Å². The summed E-state index contributed by atoms with van der Waals surface area (Å²) in [6, 6.07) is 12.1.